The van der Waals surface area contributed by atoms with Crippen molar-refractivity contribution in [3.63, 3.8) is 0 Å². The molecule has 0 saturated heterocycles. The molecule has 0 atom stereocenters. The largest absolute Gasteiger partial charge is 0.373 e. The molecule has 5 nitrogen and oxygen atoms in total. The summed E-state index contributed by atoms with van der Waals surface area (Å²) in [5.74, 6) is 1.40. The van der Waals surface area contributed by atoms with Gasteiger partial charge in [-0.05, 0) is 59.4 Å². The van der Waals surface area contributed by atoms with E-state index in [9.17, 15) is 0 Å². The summed E-state index contributed by atoms with van der Waals surface area (Å²) in [7, 11) is 1.86. The van der Waals surface area contributed by atoms with Crippen molar-refractivity contribution in [2.45, 2.75) is 26.7 Å². The molecule has 2 N–H and O–H groups in total. The van der Waals surface area contributed by atoms with E-state index < -0.39 is 0 Å². The second kappa shape index (κ2) is 7.19. The van der Waals surface area contributed by atoms with E-state index in [1.165, 1.54) is 27.8 Å². The Morgan fingerprint density at radius 3 is 2.78 bits per heavy atom. The lowest BCUT2D eigenvalue weighted by Crippen LogP contribution is -2.03. The number of aryl methyl sites for hydroxylation is 2. The van der Waals surface area contributed by atoms with Crippen LogP contribution in [0, 0.1) is 6.92 Å². The molecule has 136 valence electrons. The van der Waals surface area contributed by atoms with Gasteiger partial charge in [-0.1, -0.05) is 19.1 Å². The molecule has 0 fully saturated rings. The van der Waals surface area contributed by atoms with Gasteiger partial charge >= 0.3 is 0 Å². The summed E-state index contributed by atoms with van der Waals surface area (Å²) in [5.41, 5.74) is 8.41. The van der Waals surface area contributed by atoms with E-state index in [0.717, 1.165) is 30.0 Å². The number of aromatic nitrogens is 3. The lowest BCUT2D eigenvalue weighted by Gasteiger charge is -2.13. The van der Waals surface area contributed by atoms with Crippen LogP contribution in [0.1, 0.15) is 34.9 Å². The van der Waals surface area contributed by atoms with Crippen LogP contribution in [0.3, 0.4) is 0 Å². The summed E-state index contributed by atoms with van der Waals surface area (Å²) in [4.78, 5) is 13.2. The molecule has 1 aliphatic carbocycles. The van der Waals surface area contributed by atoms with Crippen LogP contribution < -0.4 is 10.6 Å². The summed E-state index contributed by atoms with van der Waals surface area (Å²) >= 11 is 0. The number of hydrogen-bond acceptors (Lipinski definition) is 5. The number of benzene rings is 1. The van der Waals surface area contributed by atoms with Gasteiger partial charge in [-0.15, -0.1) is 0 Å². The van der Waals surface area contributed by atoms with Gasteiger partial charge in [0.25, 0.3) is 0 Å². The van der Waals surface area contributed by atoms with Gasteiger partial charge in [0.15, 0.2) is 0 Å². The Bertz CT molecular complexity index is 1020. The average molecular weight is 357 g/mol. The number of hydrogen-bond donors (Lipinski definition) is 2. The van der Waals surface area contributed by atoms with Gasteiger partial charge < -0.3 is 10.6 Å². The molecular weight excluding hydrogens is 334 g/mol. The second-order valence-electron chi connectivity index (χ2n) is 6.74. The topological polar surface area (TPSA) is 62.7 Å². The zero-order valence-corrected chi connectivity index (χ0v) is 15.9. The van der Waals surface area contributed by atoms with Crippen LogP contribution in [0.2, 0.25) is 0 Å². The van der Waals surface area contributed by atoms with Gasteiger partial charge in [-0.2, -0.15) is 4.98 Å². The highest BCUT2D eigenvalue weighted by molar-refractivity contribution is 5.90. The van der Waals surface area contributed by atoms with Crippen LogP contribution >= 0.6 is 0 Å². The average Bonchev–Trinajstić information content (AvgIpc) is 3.11. The molecule has 0 bridgehead atoms. The maximum Gasteiger partial charge on any atom is 0.229 e. The molecule has 5 heteroatoms. The fraction of sp³-hybridized carbons (Fsp3) is 0.227. The second-order valence-corrected chi connectivity index (χ2v) is 6.74. The number of nitrogens with one attached hydrogen (secondary N) is 2. The molecule has 3 aromatic rings. The number of pyridine rings is 1. The third kappa shape index (κ3) is 3.53. The van der Waals surface area contributed by atoms with Crippen molar-refractivity contribution in [2.75, 3.05) is 17.7 Å². The van der Waals surface area contributed by atoms with E-state index in [1.54, 1.807) is 0 Å². The molecule has 0 saturated carbocycles. The molecule has 0 unspecified atom stereocenters. The van der Waals surface area contributed by atoms with E-state index in [2.05, 4.69) is 62.9 Å². The van der Waals surface area contributed by atoms with Crippen molar-refractivity contribution in [3.8, 4) is 0 Å². The first-order valence-electron chi connectivity index (χ1n) is 9.23. The van der Waals surface area contributed by atoms with Crippen LogP contribution in [0.25, 0.3) is 11.6 Å². The fourth-order valence-electron chi connectivity index (χ4n) is 3.49. The lowest BCUT2D eigenvalue weighted by molar-refractivity contribution is 1.10. The van der Waals surface area contributed by atoms with Crippen molar-refractivity contribution in [1.82, 2.24) is 15.0 Å². The van der Waals surface area contributed by atoms with Crippen molar-refractivity contribution < 1.29 is 0 Å². The minimum atomic E-state index is 0.599. The molecule has 0 radical (unpaired) electrons. The van der Waals surface area contributed by atoms with Gasteiger partial charge in [0.1, 0.15) is 5.82 Å². The van der Waals surface area contributed by atoms with E-state index >= 15 is 0 Å². The summed E-state index contributed by atoms with van der Waals surface area (Å²) in [6.45, 7) is 4.16. The molecular formula is C22H23N5. The van der Waals surface area contributed by atoms with Crippen LogP contribution in [-0.4, -0.2) is 22.0 Å². The Morgan fingerprint density at radius 2 is 2.00 bits per heavy atom. The van der Waals surface area contributed by atoms with Crippen LogP contribution in [0.15, 0.2) is 42.7 Å². The first kappa shape index (κ1) is 17.2. The fourth-order valence-corrected chi connectivity index (χ4v) is 3.49. The number of nitrogens with zero attached hydrogens (tertiary/aromatic N) is 3. The number of fused-ring (bicyclic) bond motifs is 1. The molecule has 2 heterocycles. The van der Waals surface area contributed by atoms with Crippen molar-refractivity contribution in [3.05, 3.63) is 70.7 Å². The monoisotopic (exact) mass is 357 g/mol. The summed E-state index contributed by atoms with van der Waals surface area (Å²) < 4.78 is 0. The first-order chi connectivity index (χ1) is 13.2. The molecule has 1 aliphatic rings. The van der Waals surface area contributed by atoms with Crippen LogP contribution in [-0.2, 0) is 12.8 Å². The molecule has 0 amide bonds. The zero-order chi connectivity index (χ0) is 18.8. The minimum absolute atomic E-state index is 0.599. The zero-order valence-electron chi connectivity index (χ0n) is 15.9. The standard InChI is InChI=1S/C22H23N5/c1-4-15-5-6-19(26-22-25-14(2)9-21(23-3)27-22)12-20(15)17-10-16-7-8-24-13-18(16)11-17/h5-10,12-13H,4,11H2,1-3H3,(H2,23,25,26,27). The Labute approximate surface area is 159 Å². The van der Waals surface area contributed by atoms with Crippen molar-refractivity contribution in [1.29, 1.82) is 0 Å². The van der Waals surface area contributed by atoms with Gasteiger partial charge in [0.2, 0.25) is 5.95 Å². The van der Waals surface area contributed by atoms with Gasteiger partial charge in [-0.3, -0.25) is 4.98 Å². The highest BCUT2D eigenvalue weighted by Gasteiger charge is 2.17. The lowest BCUT2D eigenvalue weighted by atomic mass is 9.96. The third-order valence-electron chi connectivity index (χ3n) is 4.86. The van der Waals surface area contributed by atoms with Gasteiger partial charge in [0, 0.05) is 43.3 Å². The molecule has 27 heavy (non-hydrogen) atoms. The van der Waals surface area contributed by atoms with E-state index in [4.69, 9.17) is 0 Å². The number of rotatable bonds is 5. The smallest absolute Gasteiger partial charge is 0.229 e. The number of allylic oxidation sites excluding steroid dienone is 1. The molecule has 4 rings (SSSR count). The molecule has 1 aromatic carbocycles. The predicted octanol–water partition coefficient (Wildman–Crippen LogP) is 4.62. The van der Waals surface area contributed by atoms with Gasteiger partial charge in [-0.25, -0.2) is 4.98 Å². The Balaban J connectivity index is 1.67. The van der Waals surface area contributed by atoms with Crippen molar-refractivity contribution >= 4 is 29.1 Å². The SMILES string of the molecule is CCc1ccc(Nc2nc(C)cc(NC)n2)cc1C1=Cc2ccncc2C1. The van der Waals surface area contributed by atoms with E-state index in [-0.39, 0.29) is 0 Å². The quantitative estimate of drug-likeness (QED) is 0.697. The summed E-state index contributed by atoms with van der Waals surface area (Å²) in [6.07, 6.45) is 8.01. The normalized spacial score (nSPS) is 12.5. The first-order valence-corrected chi connectivity index (χ1v) is 9.23. The Kier molecular flexibility index (Phi) is 4.59. The highest BCUT2D eigenvalue weighted by Crippen LogP contribution is 2.34. The Morgan fingerprint density at radius 1 is 1.11 bits per heavy atom. The highest BCUT2D eigenvalue weighted by atomic mass is 15.1. The van der Waals surface area contributed by atoms with E-state index in [1.807, 2.05) is 32.4 Å². The minimum Gasteiger partial charge on any atom is -0.373 e. The maximum atomic E-state index is 4.49. The summed E-state index contributed by atoms with van der Waals surface area (Å²) in [5, 5.41) is 6.43. The van der Waals surface area contributed by atoms with Crippen LogP contribution in [0.4, 0.5) is 17.5 Å². The van der Waals surface area contributed by atoms with Crippen LogP contribution in [0.5, 0.6) is 0 Å². The summed E-state index contributed by atoms with van der Waals surface area (Å²) in [6, 6.07) is 10.5. The van der Waals surface area contributed by atoms with E-state index in [0.29, 0.717) is 5.95 Å². The maximum absolute atomic E-state index is 4.49. The molecule has 0 aliphatic heterocycles. The van der Waals surface area contributed by atoms with Gasteiger partial charge in [0.05, 0.1) is 0 Å². The predicted molar refractivity (Wildman–Crippen MR) is 111 cm³/mol. The van der Waals surface area contributed by atoms with Crippen molar-refractivity contribution in [2.24, 2.45) is 0 Å². The number of anilines is 3. The molecule has 0 spiro atoms. The third-order valence-corrected chi connectivity index (χ3v) is 4.86. The Hall–Kier alpha value is -3.21. The molecule has 2 aromatic heterocycles.